The first kappa shape index (κ1) is 24.0. The maximum absolute atomic E-state index is 13.5. The average molecular weight is 496 g/mol. The van der Waals surface area contributed by atoms with Crippen LogP contribution in [0.3, 0.4) is 0 Å². The number of aliphatic hydroxyl groups excluding tert-OH is 1. The number of imide groups is 1. The summed E-state index contributed by atoms with van der Waals surface area (Å²) in [7, 11) is 3.55. The average Bonchev–Trinajstić information content (AvgIpc) is 3.45. The van der Waals surface area contributed by atoms with Crippen LogP contribution in [0.2, 0.25) is 0 Å². The van der Waals surface area contributed by atoms with Gasteiger partial charge < -0.3 is 14.6 Å². The Labute approximate surface area is 203 Å². The Morgan fingerprint density at radius 2 is 1.83 bits per heavy atom. The van der Waals surface area contributed by atoms with Crippen molar-refractivity contribution < 1.29 is 27.9 Å². The molecule has 3 aromatic rings. The lowest BCUT2D eigenvalue weighted by Crippen LogP contribution is -2.29. The van der Waals surface area contributed by atoms with E-state index in [0.717, 1.165) is 17.4 Å². The molecule has 3 heterocycles. The van der Waals surface area contributed by atoms with Gasteiger partial charge in [-0.3, -0.25) is 19.9 Å². The summed E-state index contributed by atoms with van der Waals surface area (Å²) < 4.78 is 42.0. The van der Waals surface area contributed by atoms with Crippen molar-refractivity contribution >= 4 is 33.9 Å². The number of benzene rings is 2. The highest BCUT2D eigenvalue weighted by atomic mass is 19.4. The van der Waals surface area contributed by atoms with E-state index in [0.29, 0.717) is 21.9 Å². The number of rotatable bonds is 6. The summed E-state index contributed by atoms with van der Waals surface area (Å²) in [5.74, 6) is -1.20. The second kappa shape index (κ2) is 8.72. The Balaban J connectivity index is 1.76. The van der Waals surface area contributed by atoms with Crippen molar-refractivity contribution in [3.05, 3.63) is 75.9 Å². The second-order valence-corrected chi connectivity index (χ2v) is 9.19. The Morgan fingerprint density at radius 1 is 1.11 bits per heavy atom. The zero-order valence-corrected chi connectivity index (χ0v) is 19.6. The van der Waals surface area contributed by atoms with E-state index in [1.165, 1.54) is 16.8 Å². The van der Waals surface area contributed by atoms with Crippen molar-refractivity contribution in [3.63, 3.8) is 0 Å². The molecular weight excluding hydrogens is 473 g/mol. The molecule has 0 spiro atoms. The number of nitrogens with zero attached hydrogens (tertiary/aromatic N) is 3. The molecule has 7 nitrogen and oxygen atoms in total. The van der Waals surface area contributed by atoms with Gasteiger partial charge in [0.15, 0.2) is 0 Å². The van der Waals surface area contributed by atoms with Gasteiger partial charge in [-0.2, -0.15) is 13.2 Å². The van der Waals surface area contributed by atoms with Crippen LogP contribution >= 0.6 is 0 Å². The molecule has 0 saturated heterocycles. The second-order valence-electron chi connectivity index (χ2n) is 9.19. The molecule has 1 atom stereocenters. The highest BCUT2D eigenvalue weighted by molar-refractivity contribution is 6.41. The van der Waals surface area contributed by atoms with Crippen LogP contribution in [0, 0.1) is 0 Å². The van der Waals surface area contributed by atoms with Crippen LogP contribution in [0.15, 0.2) is 59.2 Å². The maximum atomic E-state index is 13.5. The minimum atomic E-state index is -4.57. The Bertz CT molecular complexity index is 1570. The molecule has 186 valence electrons. The minimum Gasteiger partial charge on any atom is -0.390 e. The number of para-hydroxylation sites is 1. The number of hydrogen-bond donors (Lipinski definition) is 2. The van der Waals surface area contributed by atoms with Crippen LogP contribution in [-0.2, 0) is 22.3 Å². The number of carbonyl (C=O) groups excluding carboxylic acids is 2. The highest BCUT2D eigenvalue weighted by Gasteiger charge is 2.37. The van der Waals surface area contributed by atoms with Crippen LogP contribution in [0.5, 0.6) is 0 Å². The highest BCUT2D eigenvalue weighted by Crippen LogP contribution is 2.38. The molecule has 0 radical (unpaired) electrons. The third kappa shape index (κ3) is 4.12. The lowest BCUT2D eigenvalue weighted by atomic mass is 9.94. The van der Waals surface area contributed by atoms with E-state index < -0.39 is 29.7 Å². The van der Waals surface area contributed by atoms with Crippen LogP contribution in [0.1, 0.15) is 11.1 Å². The molecule has 0 aliphatic carbocycles. The number of halogens is 3. The summed E-state index contributed by atoms with van der Waals surface area (Å²) in [6.07, 6.45) is -3.90. The van der Waals surface area contributed by atoms with Crippen LogP contribution in [0.4, 0.5) is 13.2 Å². The molecule has 36 heavy (non-hydrogen) atoms. The number of alkyl halides is 3. The van der Waals surface area contributed by atoms with Gasteiger partial charge in [0.05, 0.1) is 34.7 Å². The normalized spacial score (nSPS) is 16.7. The van der Waals surface area contributed by atoms with Gasteiger partial charge in [0.1, 0.15) is 0 Å². The number of carbonyl (C=O) groups is 2. The first-order valence-electron chi connectivity index (χ1n) is 11.3. The van der Waals surface area contributed by atoms with Crippen LogP contribution < -0.4 is 15.9 Å². The van der Waals surface area contributed by atoms with E-state index in [4.69, 9.17) is 0 Å². The van der Waals surface area contributed by atoms with E-state index in [1.54, 1.807) is 19.0 Å². The monoisotopic (exact) mass is 496 g/mol. The summed E-state index contributed by atoms with van der Waals surface area (Å²) >= 11 is 0. The third-order valence-corrected chi connectivity index (χ3v) is 6.33. The minimum absolute atomic E-state index is 0.00288. The van der Waals surface area contributed by atoms with E-state index in [9.17, 15) is 27.9 Å². The third-order valence-electron chi connectivity index (χ3n) is 6.33. The van der Waals surface area contributed by atoms with E-state index in [-0.39, 0.29) is 36.3 Å². The summed E-state index contributed by atoms with van der Waals surface area (Å²) in [5, 5.41) is 14.7. The van der Waals surface area contributed by atoms with Gasteiger partial charge >= 0.3 is 6.18 Å². The summed E-state index contributed by atoms with van der Waals surface area (Å²) in [5.41, 5.74) is 0.532. The zero-order valence-electron chi connectivity index (χ0n) is 19.6. The molecule has 2 aliphatic rings. The molecule has 2 aliphatic heterocycles. The van der Waals surface area contributed by atoms with Crippen molar-refractivity contribution in [2.75, 3.05) is 27.2 Å². The fraction of sp³-hybridized carbons (Fsp3) is 0.269. The smallest absolute Gasteiger partial charge is 0.390 e. The molecule has 2 aromatic carbocycles. The summed E-state index contributed by atoms with van der Waals surface area (Å²) in [6.45, 7) is 0.497. The molecule has 10 heteroatoms. The largest absolute Gasteiger partial charge is 0.416 e. The fourth-order valence-corrected chi connectivity index (χ4v) is 4.85. The number of aromatic nitrogens is 1. The van der Waals surface area contributed by atoms with Crippen molar-refractivity contribution in [1.29, 1.82) is 0 Å². The Hall–Kier alpha value is -3.76. The van der Waals surface area contributed by atoms with Crippen molar-refractivity contribution in [2.24, 2.45) is 4.99 Å². The number of aliphatic hydroxyl groups is 1. The van der Waals surface area contributed by atoms with E-state index >= 15 is 0 Å². The fourth-order valence-electron chi connectivity index (χ4n) is 4.85. The van der Waals surface area contributed by atoms with Gasteiger partial charge in [0, 0.05) is 41.0 Å². The molecule has 1 aromatic heterocycles. The number of likely N-dealkylation sites (N-methyl/N-ethyl adjacent to an activating group) is 1. The molecule has 5 rings (SSSR count). The van der Waals surface area contributed by atoms with Gasteiger partial charge in [-0.05, 0) is 37.9 Å². The predicted molar refractivity (Wildman–Crippen MR) is 127 cm³/mol. The number of nitrogens with one attached hydrogen (secondary N) is 1. The zero-order chi connectivity index (χ0) is 25.8. The van der Waals surface area contributed by atoms with E-state index in [2.05, 4.69) is 10.3 Å². The number of amides is 2. The first-order chi connectivity index (χ1) is 17.0. The molecule has 0 bridgehead atoms. The SMILES string of the molecule is CN(C)CC(O)Cn1cc(C2=C(C3=c4ccccc4=NC3)C(=O)NC2=O)c2ccc(C(F)(F)F)cc21. The first-order valence-corrected chi connectivity index (χ1v) is 11.3. The Morgan fingerprint density at radius 3 is 2.56 bits per heavy atom. The molecule has 2 amide bonds. The van der Waals surface area contributed by atoms with Crippen LogP contribution in [0.25, 0.3) is 22.0 Å². The van der Waals surface area contributed by atoms with Gasteiger partial charge in [-0.15, -0.1) is 0 Å². The van der Waals surface area contributed by atoms with E-state index in [1.807, 2.05) is 24.3 Å². The van der Waals surface area contributed by atoms with Gasteiger partial charge in [0.2, 0.25) is 0 Å². The lowest BCUT2D eigenvalue weighted by molar-refractivity contribution is -0.137. The molecular formula is C26H23F3N4O3. The van der Waals surface area contributed by atoms with Crippen molar-refractivity contribution in [3.8, 4) is 0 Å². The quantitative estimate of drug-likeness (QED) is 0.507. The standard InChI is InChI=1S/C26H23F3N4O3/c1-32(2)11-15(34)12-33-13-19(17-8-7-14(9-21(17)33)26(27,28)29)23-22(24(35)31-25(23)36)18-10-30-20-6-4-3-5-16(18)20/h3-9,13,15,34H,10-12H2,1-2H3,(H,31,35,36). The van der Waals surface area contributed by atoms with Crippen molar-refractivity contribution in [1.82, 2.24) is 14.8 Å². The predicted octanol–water partition coefficient (Wildman–Crippen LogP) is 1.48. The molecule has 0 saturated carbocycles. The van der Waals surface area contributed by atoms with Gasteiger partial charge in [-0.25, -0.2) is 0 Å². The topological polar surface area (TPSA) is 86.9 Å². The summed E-state index contributed by atoms with van der Waals surface area (Å²) in [6, 6.07) is 10.5. The van der Waals surface area contributed by atoms with Crippen molar-refractivity contribution in [2.45, 2.75) is 18.8 Å². The molecule has 2 N–H and O–H groups in total. The number of fused-ring (bicyclic) bond motifs is 2. The lowest BCUT2D eigenvalue weighted by Gasteiger charge is -2.17. The van der Waals surface area contributed by atoms with Gasteiger partial charge in [0.25, 0.3) is 11.8 Å². The molecule has 0 fully saturated rings. The number of hydrogen-bond acceptors (Lipinski definition) is 5. The maximum Gasteiger partial charge on any atom is 0.416 e. The molecule has 1 unspecified atom stereocenters. The van der Waals surface area contributed by atoms with Crippen LogP contribution in [-0.4, -0.2) is 59.7 Å². The summed E-state index contributed by atoms with van der Waals surface area (Å²) in [4.78, 5) is 32.2. The Kier molecular flexibility index (Phi) is 5.80. The van der Waals surface area contributed by atoms with Gasteiger partial charge in [-0.1, -0.05) is 24.3 Å².